The Morgan fingerprint density at radius 3 is 2.21 bits per heavy atom. The predicted octanol–water partition coefficient (Wildman–Crippen LogP) is 5.23. The van der Waals surface area contributed by atoms with Crippen molar-refractivity contribution in [3.05, 3.63) is 42.0 Å². The summed E-state index contributed by atoms with van der Waals surface area (Å²) < 4.78 is 29.1. The summed E-state index contributed by atoms with van der Waals surface area (Å²) >= 11 is 4.77. The highest BCUT2D eigenvalue weighted by Crippen LogP contribution is 2.35. The van der Waals surface area contributed by atoms with Crippen LogP contribution in [0.25, 0.3) is 20.4 Å². The van der Waals surface area contributed by atoms with Gasteiger partial charge in [0.1, 0.15) is 11.3 Å². The minimum Gasteiger partial charge on any atom is -0.345 e. The van der Waals surface area contributed by atoms with Crippen LogP contribution in [0.1, 0.15) is 0 Å². The summed E-state index contributed by atoms with van der Waals surface area (Å²) in [4.78, 5) is 14.9. The van der Waals surface area contributed by atoms with Gasteiger partial charge in [0, 0.05) is 37.1 Å². The van der Waals surface area contributed by atoms with Crippen LogP contribution in [0.2, 0.25) is 0 Å². The van der Waals surface area contributed by atoms with Gasteiger partial charge in [-0.15, -0.1) is 11.8 Å². The summed E-state index contributed by atoms with van der Waals surface area (Å²) in [7, 11) is 0. The SMILES string of the molecule is CSc1cccc2sc(N3CCN(c4nc5c(F)cc(F)cc5s4)CC3)nc12. The van der Waals surface area contributed by atoms with Crippen molar-refractivity contribution in [1.82, 2.24) is 9.97 Å². The Morgan fingerprint density at radius 1 is 0.893 bits per heavy atom. The summed E-state index contributed by atoms with van der Waals surface area (Å²) in [6, 6.07) is 8.52. The average molecular weight is 435 g/mol. The quantitative estimate of drug-likeness (QED) is 0.412. The number of halogens is 2. The van der Waals surface area contributed by atoms with Gasteiger partial charge in [0.15, 0.2) is 16.1 Å². The van der Waals surface area contributed by atoms with E-state index in [1.165, 1.54) is 27.0 Å². The van der Waals surface area contributed by atoms with Crippen LogP contribution in [0.15, 0.2) is 35.2 Å². The maximum atomic E-state index is 13.9. The zero-order chi connectivity index (χ0) is 19.3. The molecule has 0 radical (unpaired) electrons. The van der Waals surface area contributed by atoms with E-state index >= 15 is 0 Å². The third-order valence-electron chi connectivity index (χ3n) is 4.81. The molecule has 1 aliphatic rings. The van der Waals surface area contributed by atoms with Gasteiger partial charge >= 0.3 is 0 Å². The van der Waals surface area contributed by atoms with E-state index in [4.69, 9.17) is 4.98 Å². The van der Waals surface area contributed by atoms with Gasteiger partial charge in [0.05, 0.1) is 14.9 Å². The summed E-state index contributed by atoms with van der Waals surface area (Å²) in [6.45, 7) is 3.19. The second-order valence-corrected chi connectivity index (χ2v) is 9.37. The molecule has 2 aromatic heterocycles. The van der Waals surface area contributed by atoms with E-state index in [1.54, 1.807) is 23.1 Å². The Bertz CT molecular complexity index is 1160. The first-order valence-corrected chi connectivity index (χ1v) is 11.7. The van der Waals surface area contributed by atoms with Gasteiger partial charge < -0.3 is 9.80 Å². The number of nitrogens with zero attached hydrogens (tertiary/aromatic N) is 4. The molecule has 2 aromatic carbocycles. The molecule has 4 nitrogen and oxygen atoms in total. The zero-order valence-corrected chi connectivity index (χ0v) is 17.4. The molecule has 5 rings (SSSR count). The molecule has 28 heavy (non-hydrogen) atoms. The number of para-hydroxylation sites is 1. The van der Waals surface area contributed by atoms with Gasteiger partial charge in [-0.2, -0.15) is 0 Å². The van der Waals surface area contributed by atoms with Gasteiger partial charge in [-0.25, -0.2) is 18.7 Å². The molecule has 0 aliphatic carbocycles. The number of hydrogen-bond acceptors (Lipinski definition) is 7. The van der Waals surface area contributed by atoms with Crippen LogP contribution in [0.5, 0.6) is 0 Å². The smallest absolute Gasteiger partial charge is 0.186 e. The molecule has 0 atom stereocenters. The Morgan fingerprint density at radius 2 is 1.54 bits per heavy atom. The number of fused-ring (bicyclic) bond motifs is 2. The molecule has 0 spiro atoms. The topological polar surface area (TPSA) is 32.3 Å². The van der Waals surface area contributed by atoms with Crippen LogP contribution < -0.4 is 9.80 Å². The molecule has 144 valence electrons. The maximum absolute atomic E-state index is 13.9. The number of thioether (sulfide) groups is 1. The molecule has 0 saturated carbocycles. The van der Waals surface area contributed by atoms with Crippen molar-refractivity contribution in [3.63, 3.8) is 0 Å². The number of thiazole rings is 2. The number of anilines is 2. The Balaban J connectivity index is 1.36. The fraction of sp³-hybridized carbons (Fsp3) is 0.263. The van der Waals surface area contributed by atoms with E-state index < -0.39 is 11.6 Å². The van der Waals surface area contributed by atoms with Crippen LogP contribution >= 0.6 is 34.4 Å². The average Bonchev–Trinajstić information content (AvgIpc) is 3.32. The van der Waals surface area contributed by atoms with Crippen LogP contribution in [0.3, 0.4) is 0 Å². The molecular formula is C19H16F2N4S3. The third-order valence-corrected chi connectivity index (χ3v) is 7.73. The predicted molar refractivity (Wildman–Crippen MR) is 115 cm³/mol. The second-order valence-electron chi connectivity index (χ2n) is 6.51. The lowest BCUT2D eigenvalue weighted by Gasteiger charge is -2.34. The molecule has 1 aliphatic heterocycles. The summed E-state index contributed by atoms with van der Waals surface area (Å²) in [6.07, 6.45) is 2.07. The first-order valence-electron chi connectivity index (χ1n) is 8.81. The van der Waals surface area contributed by atoms with Crippen LogP contribution in [-0.2, 0) is 0 Å². The van der Waals surface area contributed by atoms with Crippen LogP contribution in [0, 0.1) is 11.6 Å². The molecule has 0 unspecified atom stereocenters. The first-order chi connectivity index (χ1) is 13.6. The zero-order valence-electron chi connectivity index (χ0n) is 15.0. The molecule has 0 N–H and O–H groups in total. The molecule has 0 amide bonds. The Hall–Kier alpha value is -1.97. The largest absolute Gasteiger partial charge is 0.345 e. The minimum absolute atomic E-state index is 0.250. The molecule has 0 bridgehead atoms. The number of piperazine rings is 1. The van der Waals surface area contributed by atoms with E-state index in [9.17, 15) is 8.78 Å². The van der Waals surface area contributed by atoms with E-state index in [0.29, 0.717) is 4.70 Å². The van der Waals surface area contributed by atoms with Gasteiger partial charge in [-0.1, -0.05) is 28.7 Å². The Kier molecular flexibility index (Phi) is 4.60. The molecular weight excluding hydrogens is 418 g/mol. The number of benzene rings is 2. The number of aromatic nitrogens is 2. The van der Waals surface area contributed by atoms with Crippen molar-refractivity contribution >= 4 is 65.1 Å². The van der Waals surface area contributed by atoms with E-state index in [1.807, 2.05) is 0 Å². The van der Waals surface area contributed by atoms with Gasteiger partial charge in [-0.3, -0.25) is 0 Å². The number of rotatable bonds is 3. The monoisotopic (exact) mass is 434 g/mol. The summed E-state index contributed by atoms with van der Waals surface area (Å²) in [5.74, 6) is -1.17. The molecule has 9 heteroatoms. The fourth-order valence-electron chi connectivity index (χ4n) is 3.38. The van der Waals surface area contributed by atoms with Crippen LogP contribution in [0.4, 0.5) is 19.0 Å². The van der Waals surface area contributed by atoms with Crippen molar-refractivity contribution in [2.75, 3.05) is 42.2 Å². The number of hydrogen-bond donors (Lipinski definition) is 0. The summed E-state index contributed by atoms with van der Waals surface area (Å²) in [5.41, 5.74) is 1.32. The highest BCUT2D eigenvalue weighted by Gasteiger charge is 2.23. The van der Waals surface area contributed by atoms with E-state index in [-0.39, 0.29) is 5.52 Å². The highest BCUT2D eigenvalue weighted by molar-refractivity contribution is 7.98. The molecule has 1 saturated heterocycles. The first kappa shape index (κ1) is 18.1. The molecule has 4 aromatic rings. The lowest BCUT2D eigenvalue weighted by atomic mass is 10.3. The van der Waals surface area contributed by atoms with Crippen molar-refractivity contribution in [2.45, 2.75) is 4.90 Å². The molecule has 3 heterocycles. The van der Waals surface area contributed by atoms with Gasteiger partial charge in [0.25, 0.3) is 0 Å². The van der Waals surface area contributed by atoms with Crippen molar-refractivity contribution < 1.29 is 8.78 Å². The lowest BCUT2D eigenvalue weighted by Crippen LogP contribution is -2.46. The van der Waals surface area contributed by atoms with Crippen molar-refractivity contribution in [2.24, 2.45) is 0 Å². The van der Waals surface area contributed by atoms with Crippen molar-refractivity contribution in [3.8, 4) is 0 Å². The van der Waals surface area contributed by atoms with Crippen LogP contribution in [-0.4, -0.2) is 42.4 Å². The van der Waals surface area contributed by atoms with E-state index in [2.05, 4.69) is 39.2 Å². The Labute approximate surface area is 172 Å². The van der Waals surface area contributed by atoms with Gasteiger partial charge in [0.2, 0.25) is 0 Å². The summed E-state index contributed by atoms with van der Waals surface area (Å²) in [5, 5.41) is 1.78. The third kappa shape index (κ3) is 3.11. The van der Waals surface area contributed by atoms with E-state index in [0.717, 1.165) is 48.0 Å². The highest BCUT2D eigenvalue weighted by atomic mass is 32.2. The normalized spacial score (nSPS) is 15.1. The fourth-order valence-corrected chi connectivity index (χ4v) is 6.11. The van der Waals surface area contributed by atoms with Crippen molar-refractivity contribution in [1.29, 1.82) is 0 Å². The standard InChI is InChI=1S/C19H16F2N4S3/c1-26-13-3-2-4-14-17(13)23-19(27-14)25-7-5-24(6-8-25)18-22-16-12(21)9-11(20)10-15(16)28-18/h2-4,9-10H,5-8H2,1H3. The maximum Gasteiger partial charge on any atom is 0.186 e. The lowest BCUT2D eigenvalue weighted by molar-refractivity contribution is 0.591. The molecule has 1 fully saturated rings. The second kappa shape index (κ2) is 7.13. The minimum atomic E-state index is -0.602. The van der Waals surface area contributed by atoms with Gasteiger partial charge in [-0.05, 0) is 24.5 Å².